The summed E-state index contributed by atoms with van der Waals surface area (Å²) in [6.07, 6.45) is 0.733. The highest BCUT2D eigenvalue weighted by atomic mass is 32.2. The van der Waals surface area contributed by atoms with E-state index in [1.807, 2.05) is 26.0 Å². The number of carbonyl (C=O) groups is 1. The fourth-order valence-corrected chi connectivity index (χ4v) is 4.16. The number of carbonyl (C=O) groups excluding carboxylic acids is 1. The van der Waals surface area contributed by atoms with E-state index in [4.69, 9.17) is 0 Å². The Morgan fingerprint density at radius 1 is 1.36 bits per heavy atom. The first-order valence-corrected chi connectivity index (χ1v) is 8.94. The fourth-order valence-electron chi connectivity index (χ4n) is 3.02. The molecule has 1 N–H and O–H groups in total. The summed E-state index contributed by atoms with van der Waals surface area (Å²) in [5.74, 6) is 0.583. The molecule has 25 heavy (non-hydrogen) atoms. The van der Waals surface area contributed by atoms with Gasteiger partial charge in [-0.3, -0.25) is 4.79 Å². The van der Waals surface area contributed by atoms with Crippen LogP contribution in [0.5, 0.6) is 0 Å². The number of rotatable bonds is 2. The highest BCUT2D eigenvalue weighted by molar-refractivity contribution is 7.99. The molecule has 4 rings (SSSR count). The zero-order valence-electron chi connectivity index (χ0n) is 13.8. The maximum absolute atomic E-state index is 14.0. The van der Waals surface area contributed by atoms with Gasteiger partial charge in [-0.2, -0.15) is 4.98 Å². The van der Waals surface area contributed by atoms with Crippen LogP contribution < -0.4 is 5.32 Å². The maximum Gasteiger partial charge on any atom is 0.291 e. The van der Waals surface area contributed by atoms with Crippen LogP contribution in [0.25, 0.3) is 5.78 Å². The van der Waals surface area contributed by atoms with Gasteiger partial charge in [0.1, 0.15) is 5.82 Å². The van der Waals surface area contributed by atoms with Crippen molar-refractivity contribution in [2.24, 2.45) is 0 Å². The van der Waals surface area contributed by atoms with Crippen molar-refractivity contribution in [3.05, 3.63) is 52.9 Å². The Morgan fingerprint density at radius 3 is 3.04 bits per heavy atom. The number of aryl methyl sites for hydroxylation is 2. The lowest BCUT2D eigenvalue weighted by Gasteiger charge is -2.25. The summed E-state index contributed by atoms with van der Waals surface area (Å²) in [7, 11) is 0. The fraction of sp³-hybridized carbons (Fsp3) is 0.294. The zero-order chi connectivity index (χ0) is 17.6. The van der Waals surface area contributed by atoms with Crippen molar-refractivity contribution in [1.82, 2.24) is 24.9 Å². The molecule has 0 radical (unpaired) electrons. The Bertz CT molecular complexity index is 987. The van der Waals surface area contributed by atoms with Gasteiger partial charge in [0.15, 0.2) is 0 Å². The summed E-state index contributed by atoms with van der Waals surface area (Å²) < 4.78 is 15.5. The third kappa shape index (κ3) is 2.86. The lowest BCUT2D eigenvalue weighted by Crippen LogP contribution is -2.31. The quantitative estimate of drug-likeness (QED) is 0.764. The van der Waals surface area contributed by atoms with Gasteiger partial charge in [0.2, 0.25) is 5.82 Å². The number of amides is 1. The molecule has 1 amide bonds. The minimum atomic E-state index is -0.380. The number of fused-ring (bicyclic) bond motifs is 2. The Morgan fingerprint density at radius 2 is 2.20 bits per heavy atom. The Balaban J connectivity index is 1.63. The maximum atomic E-state index is 14.0. The van der Waals surface area contributed by atoms with E-state index in [2.05, 4.69) is 20.4 Å². The van der Waals surface area contributed by atoms with Gasteiger partial charge < -0.3 is 5.32 Å². The van der Waals surface area contributed by atoms with Gasteiger partial charge in [-0.25, -0.2) is 13.9 Å². The van der Waals surface area contributed by atoms with E-state index in [1.165, 1.54) is 17.8 Å². The average molecular weight is 357 g/mol. The van der Waals surface area contributed by atoms with Gasteiger partial charge >= 0.3 is 0 Å². The number of hydrogen-bond donors (Lipinski definition) is 1. The van der Waals surface area contributed by atoms with Gasteiger partial charge in [-0.05, 0) is 38.0 Å². The average Bonchev–Trinajstić information content (AvgIpc) is 3.00. The second kappa shape index (κ2) is 6.11. The van der Waals surface area contributed by atoms with Crippen molar-refractivity contribution >= 4 is 23.4 Å². The standard InChI is InChI=1S/C17H16FN5OS/c1-9-8-10(2)23-17(19-9)21-15(22-23)16(24)20-13-6-7-25-14-11(13)4-3-5-12(14)18/h3-5,8,13H,6-7H2,1-2H3,(H,20,24)/t13-/m1/s1. The molecule has 8 heteroatoms. The molecule has 6 nitrogen and oxygen atoms in total. The molecule has 0 fully saturated rings. The van der Waals surface area contributed by atoms with E-state index in [0.29, 0.717) is 10.7 Å². The number of thioether (sulfide) groups is 1. The molecule has 0 bridgehead atoms. The smallest absolute Gasteiger partial charge is 0.291 e. The Kier molecular flexibility index (Phi) is 3.91. The number of aromatic nitrogens is 4. The van der Waals surface area contributed by atoms with Gasteiger partial charge in [0.25, 0.3) is 11.7 Å². The van der Waals surface area contributed by atoms with Crippen molar-refractivity contribution in [3.63, 3.8) is 0 Å². The molecule has 0 spiro atoms. The van der Waals surface area contributed by atoms with Crippen LogP contribution in [0.2, 0.25) is 0 Å². The van der Waals surface area contributed by atoms with Crippen LogP contribution >= 0.6 is 11.8 Å². The molecular formula is C17H16FN5OS. The summed E-state index contributed by atoms with van der Waals surface area (Å²) in [5.41, 5.74) is 2.48. The number of halogens is 1. The molecule has 1 aromatic carbocycles. The number of hydrogen-bond acceptors (Lipinski definition) is 5. The molecule has 0 unspecified atom stereocenters. The molecule has 0 saturated carbocycles. The van der Waals surface area contributed by atoms with Gasteiger partial charge in [-0.1, -0.05) is 12.1 Å². The van der Waals surface area contributed by atoms with Crippen LogP contribution in [0, 0.1) is 19.7 Å². The van der Waals surface area contributed by atoms with E-state index in [0.717, 1.165) is 29.1 Å². The zero-order valence-corrected chi connectivity index (χ0v) is 14.6. The van der Waals surface area contributed by atoms with Crippen molar-refractivity contribution in [2.45, 2.75) is 31.2 Å². The van der Waals surface area contributed by atoms with E-state index in [1.54, 1.807) is 10.6 Å². The molecular weight excluding hydrogens is 341 g/mol. The topological polar surface area (TPSA) is 72.2 Å². The van der Waals surface area contributed by atoms with Crippen LogP contribution in [-0.2, 0) is 0 Å². The Hall–Kier alpha value is -2.48. The minimum absolute atomic E-state index is 0.0670. The lowest BCUT2D eigenvalue weighted by atomic mass is 10.0. The molecule has 1 atom stereocenters. The second-order valence-electron chi connectivity index (χ2n) is 6.01. The van der Waals surface area contributed by atoms with Crippen LogP contribution in [0.15, 0.2) is 29.2 Å². The van der Waals surface area contributed by atoms with Crippen molar-refractivity contribution < 1.29 is 9.18 Å². The number of nitrogens with one attached hydrogen (secondary N) is 1. The van der Waals surface area contributed by atoms with Crippen LogP contribution in [0.1, 0.15) is 40.0 Å². The second-order valence-corrected chi connectivity index (χ2v) is 7.11. The van der Waals surface area contributed by atoms with E-state index < -0.39 is 0 Å². The highest BCUT2D eigenvalue weighted by Crippen LogP contribution is 2.37. The summed E-state index contributed by atoms with van der Waals surface area (Å²) in [6, 6.07) is 6.58. The normalized spacial score (nSPS) is 16.7. The summed E-state index contributed by atoms with van der Waals surface area (Å²) in [5, 5.41) is 7.17. The number of nitrogens with zero attached hydrogens (tertiary/aromatic N) is 4. The first-order valence-electron chi connectivity index (χ1n) is 7.96. The molecule has 2 aromatic heterocycles. The first-order chi connectivity index (χ1) is 12.0. The SMILES string of the molecule is Cc1cc(C)n2nc(C(=O)N[C@@H]3CCSc4c(F)cccc43)nc2n1. The summed E-state index contributed by atoms with van der Waals surface area (Å²) >= 11 is 1.48. The van der Waals surface area contributed by atoms with E-state index in [9.17, 15) is 9.18 Å². The van der Waals surface area contributed by atoms with E-state index in [-0.39, 0.29) is 23.6 Å². The molecule has 3 heterocycles. The summed E-state index contributed by atoms with van der Waals surface area (Å²) in [4.78, 5) is 21.7. The predicted octanol–water partition coefficient (Wildman–Crippen LogP) is 2.85. The molecule has 0 aliphatic carbocycles. The molecule has 1 aliphatic rings. The van der Waals surface area contributed by atoms with Crippen LogP contribution in [0.3, 0.4) is 0 Å². The molecule has 128 valence electrons. The van der Waals surface area contributed by atoms with Gasteiger partial charge in [-0.15, -0.1) is 16.9 Å². The lowest BCUT2D eigenvalue weighted by molar-refractivity contribution is 0.0924. The molecule has 3 aromatic rings. The third-order valence-electron chi connectivity index (χ3n) is 4.15. The third-order valence-corrected chi connectivity index (χ3v) is 5.31. The van der Waals surface area contributed by atoms with Crippen LogP contribution in [0.4, 0.5) is 4.39 Å². The molecule has 1 aliphatic heterocycles. The highest BCUT2D eigenvalue weighted by Gasteiger charge is 2.26. The van der Waals surface area contributed by atoms with Gasteiger partial charge in [0, 0.05) is 22.0 Å². The number of benzene rings is 1. The summed E-state index contributed by atoms with van der Waals surface area (Å²) in [6.45, 7) is 3.75. The van der Waals surface area contributed by atoms with Crippen molar-refractivity contribution in [3.8, 4) is 0 Å². The van der Waals surface area contributed by atoms with Crippen molar-refractivity contribution in [1.29, 1.82) is 0 Å². The van der Waals surface area contributed by atoms with E-state index >= 15 is 0 Å². The van der Waals surface area contributed by atoms with Crippen molar-refractivity contribution in [2.75, 3.05) is 5.75 Å². The predicted molar refractivity (Wildman–Crippen MR) is 92.2 cm³/mol. The van der Waals surface area contributed by atoms with Gasteiger partial charge in [0.05, 0.1) is 6.04 Å². The first kappa shape index (κ1) is 16.0. The largest absolute Gasteiger partial charge is 0.342 e. The minimum Gasteiger partial charge on any atom is -0.342 e. The molecule has 0 saturated heterocycles. The monoisotopic (exact) mass is 357 g/mol. The Labute approximate surface area is 147 Å². The van der Waals surface area contributed by atoms with Crippen LogP contribution in [-0.4, -0.2) is 31.2 Å².